The molecule has 0 radical (unpaired) electrons. The molecular formula is C10H14IN3O2. The quantitative estimate of drug-likeness (QED) is 0.603. The molecule has 0 unspecified atom stereocenters. The Bertz CT molecular complexity index is 360. The molecule has 5 nitrogen and oxygen atoms in total. The monoisotopic (exact) mass is 335 g/mol. The van der Waals surface area contributed by atoms with Crippen LogP contribution in [0.25, 0.3) is 0 Å². The van der Waals surface area contributed by atoms with Crippen LogP contribution >= 0.6 is 22.6 Å². The second-order valence-corrected chi connectivity index (χ2v) is 4.33. The van der Waals surface area contributed by atoms with Gasteiger partial charge in [0.15, 0.2) is 0 Å². The molecule has 88 valence electrons. The van der Waals surface area contributed by atoms with Crippen LogP contribution in [-0.2, 0) is 9.53 Å². The van der Waals surface area contributed by atoms with Crippen molar-refractivity contribution in [1.29, 1.82) is 0 Å². The molecule has 16 heavy (non-hydrogen) atoms. The van der Waals surface area contributed by atoms with Gasteiger partial charge < -0.3 is 9.64 Å². The molecule has 0 spiro atoms. The van der Waals surface area contributed by atoms with E-state index in [-0.39, 0.29) is 5.97 Å². The lowest BCUT2D eigenvalue weighted by Gasteiger charge is -2.18. The van der Waals surface area contributed by atoms with Gasteiger partial charge in [-0.25, -0.2) is 9.97 Å². The SMILES string of the molecule is CCOC(=O)CCN(C)c1ncncc1I. The molecule has 1 heterocycles. The first-order chi connectivity index (χ1) is 7.65. The number of anilines is 1. The fourth-order valence-corrected chi connectivity index (χ4v) is 1.90. The van der Waals surface area contributed by atoms with Crippen LogP contribution in [0.4, 0.5) is 5.82 Å². The van der Waals surface area contributed by atoms with Gasteiger partial charge >= 0.3 is 5.97 Å². The summed E-state index contributed by atoms with van der Waals surface area (Å²) in [6.45, 7) is 2.81. The zero-order chi connectivity index (χ0) is 12.0. The van der Waals surface area contributed by atoms with E-state index in [1.54, 1.807) is 13.1 Å². The van der Waals surface area contributed by atoms with Crippen LogP contribution in [0.1, 0.15) is 13.3 Å². The summed E-state index contributed by atoms with van der Waals surface area (Å²) < 4.78 is 5.82. The molecule has 6 heteroatoms. The van der Waals surface area contributed by atoms with Gasteiger partial charge in [-0.2, -0.15) is 0 Å². The van der Waals surface area contributed by atoms with E-state index in [2.05, 4.69) is 32.6 Å². The molecule has 0 aliphatic rings. The number of hydrogen-bond donors (Lipinski definition) is 0. The van der Waals surface area contributed by atoms with Gasteiger partial charge in [-0.15, -0.1) is 0 Å². The zero-order valence-corrected chi connectivity index (χ0v) is 11.5. The van der Waals surface area contributed by atoms with Gasteiger partial charge in [0.25, 0.3) is 0 Å². The largest absolute Gasteiger partial charge is 0.466 e. The summed E-state index contributed by atoms with van der Waals surface area (Å²) in [4.78, 5) is 21.2. The third-order valence-electron chi connectivity index (χ3n) is 1.97. The molecule has 0 atom stereocenters. The van der Waals surface area contributed by atoms with Crippen LogP contribution in [-0.4, -0.2) is 36.1 Å². The first-order valence-corrected chi connectivity index (χ1v) is 6.05. The van der Waals surface area contributed by atoms with E-state index in [0.29, 0.717) is 19.6 Å². The number of hydrogen-bond acceptors (Lipinski definition) is 5. The Kier molecular flexibility index (Phi) is 5.44. The van der Waals surface area contributed by atoms with Crippen molar-refractivity contribution in [3.05, 3.63) is 16.1 Å². The Morgan fingerprint density at radius 2 is 2.38 bits per heavy atom. The predicted molar refractivity (Wildman–Crippen MR) is 69.3 cm³/mol. The second-order valence-electron chi connectivity index (χ2n) is 3.17. The highest BCUT2D eigenvalue weighted by Gasteiger charge is 2.09. The van der Waals surface area contributed by atoms with Crippen LogP contribution in [0.2, 0.25) is 0 Å². The van der Waals surface area contributed by atoms with Gasteiger partial charge in [-0.1, -0.05) is 0 Å². The minimum atomic E-state index is -0.182. The van der Waals surface area contributed by atoms with E-state index in [1.807, 2.05) is 11.9 Å². The topological polar surface area (TPSA) is 55.3 Å². The van der Waals surface area contributed by atoms with Gasteiger partial charge in [-0.3, -0.25) is 4.79 Å². The average Bonchev–Trinajstić information content (AvgIpc) is 2.27. The highest BCUT2D eigenvalue weighted by molar-refractivity contribution is 14.1. The highest BCUT2D eigenvalue weighted by atomic mass is 127. The summed E-state index contributed by atoms with van der Waals surface area (Å²) in [7, 11) is 1.89. The summed E-state index contributed by atoms with van der Waals surface area (Å²) in [5.74, 6) is 0.651. The molecular weight excluding hydrogens is 321 g/mol. The number of rotatable bonds is 5. The molecule has 0 aliphatic carbocycles. The van der Waals surface area contributed by atoms with E-state index in [0.717, 1.165) is 9.39 Å². The number of esters is 1. The van der Waals surface area contributed by atoms with Gasteiger partial charge in [0.2, 0.25) is 0 Å². The normalized spacial score (nSPS) is 9.94. The maximum atomic E-state index is 11.2. The number of ether oxygens (including phenoxy) is 1. The molecule has 0 saturated carbocycles. The fraction of sp³-hybridized carbons (Fsp3) is 0.500. The first kappa shape index (κ1) is 13.1. The molecule has 0 saturated heterocycles. The molecule has 0 fully saturated rings. The van der Waals surface area contributed by atoms with Crippen LogP contribution in [0.3, 0.4) is 0 Å². The number of carbonyl (C=O) groups excluding carboxylic acids is 1. The Morgan fingerprint density at radius 3 is 3.00 bits per heavy atom. The predicted octanol–water partition coefficient (Wildman–Crippen LogP) is 1.47. The van der Waals surface area contributed by atoms with E-state index >= 15 is 0 Å². The fourth-order valence-electron chi connectivity index (χ4n) is 1.19. The molecule has 0 aromatic carbocycles. The van der Waals surface area contributed by atoms with Crippen molar-refractivity contribution < 1.29 is 9.53 Å². The molecule has 0 bridgehead atoms. The number of nitrogens with zero attached hydrogens (tertiary/aromatic N) is 3. The van der Waals surface area contributed by atoms with Crippen LogP contribution in [0.5, 0.6) is 0 Å². The van der Waals surface area contributed by atoms with Crippen molar-refractivity contribution in [2.24, 2.45) is 0 Å². The zero-order valence-electron chi connectivity index (χ0n) is 9.31. The summed E-state index contributed by atoms with van der Waals surface area (Å²) in [6, 6.07) is 0. The lowest BCUT2D eigenvalue weighted by atomic mass is 10.4. The first-order valence-electron chi connectivity index (χ1n) is 4.97. The van der Waals surface area contributed by atoms with E-state index in [9.17, 15) is 4.79 Å². The lowest BCUT2D eigenvalue weighted by molar-refractivity contribution is -0.142. The van der Waals surface area contributed by atoms with Crippen molar-refractivity contribution in [3.8, 4) is 0 Å². The Balaban J connectivity index is 2.50. The number of carbonyl (C=O) groups is 1. The molecule has 1 aromatic rings. The van der Waals surface area contributed by atoms with Crippen LogP contribution in [0.15, 0.2) is 12.5 Å². The summed E-state index contributed by atoms with van der Waals surface area (Å²) in [5.41, 5.74) is 0. The Morgan fingerprint density at radius 1 is 1.62 bits per heavy atom. The van der Waals surface area contributed by atoms with Gasteiger partial charge in [0.1, 0.15) is 12.1 Å². The summed E-state index contributed by atoms with van der Waals surface area (Å²) in [5, 5.41) is 0. The third kappa shape index (κ3) is 3.92. The van der Waals surface area contributed by atoms with Gasteiger partial charge in [0, 0.05) is 19.8 Å². The minimum absolute atomic E-state index is 0.182. The smallest absolute Gasteiger partial charge is 0.307 e. The van der Waals surface area contributed by atoms with Crippen molar-refractivity contribution in [2.75, 3.05) is 25.1 Å². The third-order valence-corrected chi connectivity index (χ3v) is 2.73. The Hall–Kier alpha value is -0.920. The lowest BCUT2D eigenvalue weighted by Crippen LogP contribution is -2.23. The molecule has 0 amide bonds. The minimum Gasteiger partial charge on any atom is -0.466 e. The van der Waals surface area contributed by atoms with Crippen molar-refractivity contribution >= 4 is 34.4 Å². The van der Waals surface area contributed by atoms with Crippen LogP contribution < -0.4 is 4.90 Å². The number of aromatic nitrogens is 2. The second kappa shape index (κ2) is 6.62. The van der Waals surface area contributed by atoms with Crippen molar-refractivity contribution in [1.82, 2.24) is 9.97 Å². The van der Waals surface area contributed by atoms with E-state index < -0.39 is 0 Å². The molecule has 1 rings (SSSR count). The molecule has 1 aromatic heterocycles. The highest BCUT2D eigenvalue weighted by Crippen LogP contribution is 2.16. The molecule has 0 N–H and O–H groups in total. The summed E-state index contributed by atoms with van der Waals surface area (Å²) in [6.07, 6.45) is 3.60. The Labute approximate surface area is 108 Å². The average molecular weight is 335 g/mol. The number of halogens is 1. The van der Waals surface area contributed by atoms with Crippen LogP contribution in [0, 0.1) is 3.57 Å². The summed E-state index contributed by atoms with van der Waals surface area (Å²) >= 11 is 2.17. The van der Waals surface area contributed by atoms with E-state index in [4.69, 9.17) is 4.74 Å². The van der Waals surface area contributed by atoms with Crippen molar-refractivity contribution in [2.45, 2.75) is 13.3 Å². The van der Waals surface area contributed by atoms with E-state index in [1.165, 1.54) is 6.33 Å². The maximum Gasteiger partial charge on any atom is 0.307 e. The van der Waals surface area contributed by atoms with Gasteiger partial charge in [0.05, 0.1) is 16.6 Å². The standard InChI is InChI=1S/C10H14IN3O2/c1-3-16-9(15)4-5-14(2)10-8(11)6-12-7-13-10/h6-7H,3-5H2,1-2H3. The maximum absolute atomic E-state index is 11.2. The molecule has 0 aliphatic heterocycles. The van der Waals surface area contributed by atoms with Crippen molar-refractivity contribution in [3.63, 3.8) is 0 Å². The van der Waals surface area contributed by atoms with Gasteiger partial charge in [-0.05, 0) is 29.5 Å².